The van der Waals surface area contributed by atoms with Gasteiger partial charge in [-0.1, -0.05) is 23.5 Å². The first-order valence-electron chi connectivity index (χ1n) is 6.83. The quantitative estimate of drug-likeness (QED) is 0.634. The molecule has 0 N–H and O–H groups in total. The number of benzene rings is 1. The lowest BCUT2D eigenvalue weighted by Crippen LogP contribution is -2.31. The van der Waals surface area contributed by atoms with Gasteiger partial charge in [0.2, 0.25) is 4.96 Å². The summed E-state index contributed by atoms with van der Waals surface area (Å²) in [6.07, 6.45) is 1.03. The van der Waals surface area contributed by atoms with E-state index in [0.29, 0.717) is 5.69 Å². The number of fused-ring (bicyclic) bond motifs is 3. The highest BCUT2D eigenvalue weighted by Gasteiger charge is 2.42. The third-order valence-corrected chi connectivity index (χ3v) is 4.93. The summed E-state index contributed by atoms with van der Waals surface area (Å²) in [4.78, 5) is 42.2. The Bertz CT molecular complexity index is 1070. The van der Waals surface area contributed by atoms with Crippen LogP contribution < -0.4 is 10.5 Å². The van der Waals surface area contributed by atoms with Crippen LogP contribution in [0, 0.1) is 13.8 Å². The molecule has 1 aliphatic heterocycles. The number of imide groups is 1. The lowest BCUT2D eigenvalue weighted by Gasteiger charge is -2.17. The molecule has 0 unspecified atom stereocenters. The highest BCUT2D eigenvalue weighted by Crippen LogP contribution is 2.34. The highest BCUT2D eigenvalue weighted by atomic mass is 32.1. The summed E-state index contributed by atoms with van der Waals surface area (Å²) >= 11 is 0.998. The van der Waals surface area contributed by atoms with Crippen LogP contribution in [-0.2, 0) is 0 Å². The molecular weight excluding hydrogens is 316 g/mol. The molecule has 2 aromatic heterocycles. The van der Waals surface area contributed by atoms with Gasteiger partial charge >= 0.3 is 0 Å². The Morgan fingerprint density at radius 3 is 2.65 bits per heavy atom. The summed E-state index contributed by atoms with van der Waals surface area (Å²) in [6, 6.07) is 5.47. The Morgan fingerprint density at radius 1 is 1.09 bits per heavy atom. The van der Waals surface area contributed by atoms with Gasteiger partial charge in [-0.15, -0.1) is 0 Å². The summed E-state index contributed by atoms with van der Waals surface area (Å²) in [7, 11) is 0. The molecule has 0 radical (unpaired) electrons. The van der Waals surface area contributed by atoms with E-state index in [-0.39, 0.29) is 15.5 Å². The highest BCUT2D eigenvalue weighted by molar-refractivity contribution is 7.19. The van der Waals surface area contributed by atoms with Gasteiger partial charge in [-0.05, 0) is 31.0 Å². The van der Waals surface area contributed by atoms with Crippen molar-refractivity contribution in [3.8, 4) is 0 Å². The van der Waals surface area contributed by atoms with Crippen LogP contribution in [0.5, 0.6) is 0 Å². The number of carbonyl (C=O) groups is 2. The van der Waals surface area contributed by atoms with E-state index in [9.17, 15) is 14.4 Å². The van der Waals surface area contributed by atoms with Crippen molar-refractivity contribution >= 4 is 33.8 Å². The smallest absolute Gasteiger partial charge is 0.267 e. The van der Waals surface area contributed by atoms with Gasteiger partial charge in [-0.25, -0.2) is 4.90 Å². The SMILES string of the molecule is Cc1cccc(N2C(=O)c3sc4nc(=O)cnn4c3C2=O)c1C. The Balaban J connectivity index is 1.94. The van der Waals surface area contributed by atoms with Crippen molar-refractivity contribution < 1.29 is 9.59 Å². The van der Waals surface area contributed by atoms with Crippen LogP contribution >= 0.6 is 11.3 Å². The number of hydrogen-bond donors (Lipinski definition) is 0. The van der Waals surface area contributed by atoms with Gasteiger partial charge in [0.15, 0.2) is 5.69 Å². The van der Waals surface area contributed by atoms with Crippen LogP contribution in [-0.4, -0.2) is 26.4 Å². The van der Waals surface area contributed by atoms with E-state index in [1.54, 1.807) is 12.1 Å². The number of nitrogens with zero attached hydrogens (tertiary/aromatic N) is 4. The third kappa shape index (κ3) is 1.78. The number of anilines is 1. The minimum absolute atomic E-state index is 0.156. The van der Waals surface area contributed by atoms with E-state index in [0.717, 1.165) is 33.6 Å². The van der Waals surface area contributed by atoms with E-state index >= 15 is 0 Å². The van der Waals surface area contributed by atoms with Crippen LogP contribution in [0.2, 0.25) is 0 Å². The van der Waals surface area contributed by atoms with Crippen molar-refractivity contribution in [3.05, 3.63) is 56.4 Å². The van der Waals surface area contributed by atoms with Crippen molar-refractivity contribution in [1.82, 2.24) is 14.6 Å². The standard InChI is InChI=1S/C15H10N4O3S/c1-7-4-3-5-9(8(7)2)18-13(21)11-12(14(18)22)23-15-17-10(20)6-16-19(11)15/h3-6H,1-2H3. The normalized spacial score (nSPS) is 13.9. The molecular formula is C15H10N4O3S. The molecule has 0 atom stereocenters. The van der Waals surface area contributed by atoms with E-state index < -0.39 is 17.4 Å². The zero-order chi connectivity index (χ0) is 16.3. The van der Waals surface area contributed by atoms with Crippen molar-refractivity contribution in [3.63, 3.8) is 0 Å². The van der Waals surface area contributed by atoms with Crippen molar-refractivity contribution in [2.75, 3.05) is 4.90 Å². The topological polar surface area (TPSA) is 84.6 Å². The van der Waals surface area contributed by atoms with Crippen LogP contribution in [0.15, 0.2) is 29.2 Å². The fourth-order valence-corrected chi connectivity index (χ4v) is 3.60. The van der Waals surface area contributed by atoms with Gasteiger partial charge in [0.25, 0.3) is 17.4 Å². The molecule has 23 heavy (non-hydrogen) atoms. The maximum atomic E-state index is 12.8. The predicted molar refractivity (Wildman–Crippen MR) is 84.2 cm³/mol. The Labute approximate surface area is 133 Å². The van der Waals surface area contributed by atoms with Crippen molar-refractivity contribution in [2.24, 2.45) is 0 Å². The van der Waals surface area contributed by atoms with Gasteiger partial charge in [-0.2, -0.15) is 14.6 Å². The Morgan fingerprint density at radius 2 is 1.87 bits per heavy atom. The molecule has 4 rings (SSSR count). The Kier molecular flexibility index (Phi) is 2.73. The number of hydrogen-bond acceptors (Lipinski definition) is 6. The lowest BCUT2D eigenvalue weighted by molar-refractivity contribution is 0.0924. The first-order valence-corrected chi connectivity index (χ1v) is 7.64. The molecule has 3 heterocycles. The van der Waals surface area contributed by atoms with Gasteiger partial charge in [0.1, 0.15) is 11.1 Å². The summed E-state index contributed by atoms with van der Waals surface area (Å²) in [5.41, 5.74) is 2.07. The maximum Gasteiger partial charge on any atom is 0.292 e. The monoisotopic (exact) mass is 326 g/mol. The molecule has 114 valence electrons. The number of rotatable bonds is 1. The van der Waals surface area contributed by atoms with Gasteiger partial charge in [-0.3, -0.25) is 14.4 Å². The molecule has 0 saturated carbocycles. The average molecular weight is 326 g/mol. The van der Waals surface area contributed by atoms with Gasteiger partial charge < -0.3 is 0 Å². The zero-order valence-electron chi connectivity index (χ0n) is 12.2. The van der Waals surface area contributed by atoms with Crippen molar-refractivity contribution in [1.29, 1.82) is 0 Å². The first kappa shape index (κ1) is 13.8. The second-order valence-electron chi connectivity index (χ2n) is 5.23. The molecule has 1 aromatic carbocycles. The minimum Gasteiger partial charge on any atom is -0.267 e. The van der Waals surface area contributed by atoms with Gasteiger partial charge in [0.05, 0.1) is 5.69 Å². The summed E-state index contributed by atoms with van der Waals surface area (Å²) < 4.78 is 1.26. The second kappa shape index (κ2) is 4.56. The molecule has 0 spiro atoms. The van der Waals surface area contributed by atoms with E-state index in [4.69, 9.17) is 0 Å². The fourth-order valence-electron chi connectivity index (χ4n) is 2.61. The lowest BCUT2D eigenvalue weighted by atomic mass is 10.1. The number of thiazole rings is 1. The number of amides is 2. The van der Waals surface area contributed by atoms with Crippen molar-refractivity contribution in [2.45, 2.75) is 13.8 Å². The summed E-state index contributed by atoms with van der Waals surface area (Å²) in [5.74, 6) is -0.869. The summed E-state index contributed by atoms with van der Waals surface area (Å²) in [5, 5.41) is 3.92. The maximum absolute atomic E-state index is 12.8. The van der Waals surface area contributed by atoms with Crippen LogP contribution in [0.4, 0.5) is 5.69 Å². The molecule has 1 aliphatic rings. The zero-order valence-corrected chi connectivity index (χ0v) is 13.0. The summed E-state index contributed by atoms with van der Waals surface area (Å²) in [6.45, 7) is 3.79. The van der Waals surface area contributed by atoms with Crippen LogP contribution in [0.1, 0.15) is 31.3 Å². The van der Waals surface area contributed by atoms with Gasteiger partial charge in [0, 0.05) is 0 Å². The minimum atomic E-state index is -0.504. The number of aryl methyl sites for hydroxylation is 1. The molecule has 0 saturated heterocycles. The predicted octanol–water partition coefficient (Wildman–Crippen LogP) is 1.57. The average Bonchev–Trinajstić information content (AvgIpc) is 2.99. The molecule has 0 fully saturated rings. The van der Waals surface area contributed by atoms with E-state index in [2.05, 4.69) is 10.1 Å². The molecule has 0 aliphatic carbocycles. The number of carbonyl (C=O) groups excluding carboxylic acids is 2. The largest absolute Gasteiger partial charge is 0.292 e. The first-order chi connectivity index (χ1) is 11.0. The van der Waals surface area contributed by atoms with Crippen LogP contribution in [0.3, 0.4) is 0 Å². The Hall–Kier alpha value is -2.87. The molecule has 7 nitrogen and oxygen atoms in total. The van der Waals surface area contributed by atoms with E-state index in [1.165, 1.54) is 4.52 Å². The van der Waals surface area contributed by atoms with Crippen LogP contribution in [0.25, 0.3) is 4.96 Å². The second-order valence-corrected chi connectivity index (χ2v) is 6.21. The molecule has 0 bridgehead atoms. The number of aromatic nitrogens is 3. The van der Waals surface area contributed by atoms with E-state index in [1.807, 2.05) is 19.9 Å². The molecule has 3 aromatic rings. The third-order valence-electron chi connectivity index (χ3n) is 3.91. The molecule has 8 heteroatoms. The molecule has 2 amide bonds. The fraction of sp³-hybridized carbons (Fsp3) is 0.133.